The highest BCUT2D eigenvalue weighted by Crippen LogP contribution is 2.39. The van der Waals surface area contributed by atoms with Gasteiger partial charge in [-0.25, -0.2) is 4.79 Å². The first-order valence-corrected chi connectivity index (χ1v) is 16.8. The van der Waals surface area contributed by atoms with Crippen LogP contribution in [-0.4, -0.2) is 57.0 Å². The average molecular weight is 600 g/mol. The minimum atomic E-state index is -2.90. The predicted molar refractivity (Wildman–Crippen MR) is 175 cm³/mol. The first kappa shape index (κ1) is 32.4. The molecule has 43 heavy (non-hydrogen) atoms. The molecule has 1 heterocycles. The second-order valence-corrected chi connectivity index (χ2v) is 16.4. The van der Waals surface area contributed by atoms with Gasteiger partial charge >= 0.3 is 6.09 Å². The van der Waals surface area contributed by atoms with E-state index in [1.807, 2.05) is 49.4 Å². The Morgan fingerprint density at radius 3 is 2.02 bits per heavy atom. The van der Waals surface area contributed by atoms with Crippen molar-refractivity contribution in [1.82, 2.24) is 4.90 Å². The highest BCUT2D eigenvalue weighted by atomic mass is 28.4. The number of cyclic esters (lactones) is 1. The van der Waals surface area contributed by atoms with Crippen molar-refractivity contribution in [3.05, 3.63) is 122 Å². The van der Waals surface area contributed by atoms with Crippen molar-refractivity contribution in [2.45, 2.75) is 63.5 Å². The second kappa shape index (κ2) is 14.3. The summed E-state index contributed by atoms with van der Waals surface area (Å²) < 4.78 is 25.8. The lowest BCUT2D eigenvalue weighted by Crippen LogP contribution is -2.68. The zero-order valence-corrected chi connectivity index (χ0v) is 26.9. The maximum atomic E-state index is 13.2. The van der Waals surface area contributed by atoms with Crippen molar-refractivity contribution >= 4 is 24.8 Å². The van der Waals surface area contributed by atoms with Crippen molar-refractivity contribution < 1.29 is 23.4 Å². The van der Waals surface area contributed by atoms with Gasteiger partial charge in [0.1, 0.15) is 12.9 Å². The number of hydrogen-bond donors (Lipinski definition) is 0. The molecule has 1 saturated heterocycles. The zero-order chi connectivity index (χ0) is 30.9. The van der Waals surface area contributed by atoms with Crippen molar-refractivity contribution in [3.8, 4) is 0 Å². The summed E-state index contributed by atoms with van der Waals surface area (Å²) >= 11 is 0. The molecule has 1 aliphatic rings. The Balaban J connectivity index is 1.69. The Morgan fingerprint density at radius 1 is 0.953 bits per heavy atom. The van der Waals surface area contributed by atoms with E-state index in [4.69, 9.17) is 18.6 Å². The smallest absolute Gasteiger partial charge is 0.411 e. The van der Waals surface area contributed by atoms with E-state index < -0.39 is 32.2 Å². The van der Waals surface area contributed by atoms with E-state index in [0.717, 1.165) is 15.9 Å². The molecule has 1 aliphatic heterocycles. The standard InChI is InChI=1S/C36H45NO5Si/c1-7-9-25-37-32(8-2)36(6,42-34(37)38)33(40-28-39-26-29-19-13-10-14-20-29)27-41-43(35(3,4)5,30-21-15-11-16-22-30)31-23-17-12-18-24-31/h7-8,10-24,32-33H,1-2,9,25-28H2,3-6H3/t32-,33+,36-/m1/s1. The molecule has 4 rings (SSSR count). The molecular formula is C36H45NO5Si. The predicted octanol–water partition coefficient (Wildman–Crippen LogP) is 6.46. The molecular weight excluding hydrogens is 554 g/mol. The van der Waals surface area contributed by atoms with E-state index in [2.05, 4.69) is 82.5 Å². The number of benzene rings is 3. The quantitative estimate of drug-likeness (QED) is 0.0868. The number of hydrogen-bond acceptors (Lipinski definition) is 5. The van der Waals surface area contributed by atoms with Crippen molar-refractivity contribution in [3.63, 3.8) is 0 Å². The molecule has 0 radical (unpaired) electrons. The van der Waals surface area contributed by atoms with Crippen LogP contribution in [0.15, 0.2) is 116 Å². The van der Waals surface area contributed by atoms with Crippen LogP contribution < -0.4 is 10.4 Å². The minimum absolute atomic E-state index is 0.00727. The highest BCUT2D eigenvalue weighted by molar-refractivity contribution is 6.99. The summed E-state index contributed by atoms with van der Waals surface area (Å²) in [5.41, 5.74) is -0.0223. The Bertz CT molecular complexity index is 1290. The van der Waals surface area contributed by atoms with Gasteiger partial charge in [-0.3, -0.25) is 4.90 Å². The SMILES string of the molecule is C=CCCN1C(=O)O[C@@](C)([C@H](CO[Si](c2ccccc2)(c2ccccc2)C(C)(C)C)OCOCc2ccccc2)[C@H]1C=C. The number of ether oxygens (including phenoxy) is 3. The Morgan fingerprint density at radius 2 is 1.51 bits per heavy atom. The molecule has 0 N–H and O–H groups in total. The van der Waals surface area contributed by atoms with E-state index in [9.17, 15) is 4.79 Å². The van der Waals surface area contributed by atoms with Crippen molar-refractivity contribution in [1.29, 1.82) is 0 Å². The maximum absolute atomic E-state index is 13.2. The van der Waals surface area contributed by atoms with Gasteiger partial charge in [-0.15, -0.1) is 13.2 Å². The summed E-state index contributed by atoms with van der Waals surface area (Å²) in [6.07, 6.45) is 3.14. The number of rotatable bonds is 15. The molecule has 3 aromatic carbocycles. The van der Waals surface area contributed by atoms with Crippen LogP contribution in [-0.2, 0) is 25.2 Å². The number of carbonyl (C=O) groups excluding carboxylic acids is 1. The van der Waals surface area contributed by atoms with E-state index in [-0.39, 0.29) is 18.4 Å². The lowest BCUT2D eigenvalue weighted by molar-refractivity contribution is -0.165. The van der Waals surface area contributed by atoms with Crippen LogP contribution in [0.2, 0.25) is 5.04 Å². The fraction of sp³-hybridized carbons (Fsp3) is 0.361. The fourth-order valence-corrected chi connectivity index (χ4v) is 10.6. The summed E-state index contributed by atoms with van der Waals surface area (Å²) in [6.45, 7) is 17.6. The molecule has 0 spiro atoms. The summed E-state index contributed by atoms with van der Waals surface area (Å²) in [6, 6.07) is 30.4. The van der Waals surface area contributed by atoms with E-state index in [1.165, 1.54) is 0 Å². The second-order valence-electron chi connectivity index (χ2n) is 12.1. The Kier molecular flexibility index (Phi) is 10.8. The van der Waals surface area contributed by atoms with Gasteiger partial charge < -0.3 is 18.6 Å². The maximum Gasteiger partial charge on any atom is 0.411 e. The summed E-state index contributed by atoms with van der Waals surface area (Å²) in [7, 11) is -2.90. The normalized spacial score (nSPS) is 19.6. The molecule has 3 atom stereocenters. The molecule has 0 aliphatic carbocycles. The molecule has 7 heteroatoms. The van der Waals surface area contributed by atoms with Crippen LogP contribution in [0.3, 0.4) is 0 Å². The lowest BCUT2D eigenvalue weighted by Gasteiger charge is -2.45. The lowest BCUT2D eigenvalue weighted by atomic mass is 9.90. The van der Waals surface area contributed by atoms with E-state index in [0.29, 0.717) is 19.6 Å². The van der Waals surface area contributed by atoms with Gasteiger partial charge in [0.25, 0.3) is 8.32 Å². The molecule has 0 saturated carbocycles. The molecule has 0 aromatic heterocycles. The van der Waals surface area contributed by atoms with Crippen LogP contribution in [0.25, 0.3) is 0 Å². The van der Waals surface area contributed by atoms with E-state index >= 15 is 0 Å². The Hall–Kier alpha value is -3.49. The van der Waals surface area contributed by atoms with Crippen molar-refractivity contribution in [2.24, 2.45) is 0 Å². The average Bonchev–Trinajstić information content (AvgIpc) is 3.26. The first-order valence-electron chi connectivity index (χ1n) is 14.9. The van der Waals surface area contributed by atoms with Crippen LogP contribution in [0.4, 0.5) is 4.79 Å². The van der Waals surface area contributed by atoms with Gasteiger partial charge in [0.05, 0.1) is 19.3 Å². The Labute approximate surface area is 258 Å². The third-order valence-corrected chi connectivity index (χ3v) is 13.2. The molecule has 3 aromatic rings. The highest BCUT2D eigenvalue weighted by Gasteiger charge is 2.57. The van der Waals surface area contributed by atoms with Gasteiger partial charge in [0.2, 0.25) is 0 Å². The molecule has 0 unspecified atom stereocenters. The molecule has 1 amide bonds. The number of carbonyl (C=O) groups is 1. The third-order valence-electron chi connectivity index (χ3n) is 8.23. The van der Waals surface area contributed by atoms with Gasteiger partial charge in [0, 0.05) is 6.54 Å². The molecule has 0 bridgehead atoms. The first-order chi connectivity index (χ1) is 20.7. The largest absolute Gasteiger partial charge is 0.438 e. The summed E-state index contributed by atoms with van der Waals surface area (Å²) in [4.78, 5) is 14.9. The van der Waals surface area contributed by atoms with Gasteiger partial charge in [-0.2, -0.15) is 0 Å². The van der Waals surface area contributed by atoms with Crippen LogP contribution >= 0.6 is 0 Å². The molecule has 6 nitrogen and oxygen atoms in total. The van der Waals surface area contributed by atoms with Crippen LogP contribution in [0, 0.1) is 0 Å². The van der Waals surface area contributed by atoms with Crippen LogP contribution in [0.1, 0.15) is 39.7 Å². The molecule has 1 fully saturated rings. The monoisotopic (exact) mass is 599 g/mol. The van der Waals surface area contributed by atoms with Crippen LogP contribution in [0.5, 0.6) is 0 Å². The van der Waals surface area contributed by atoms with E-state index in [1.54, 1.807) is 17.1 Å². The zero-order valence-electron chi connectivity index (χ0n) is 25.9. The van der Waals surface area contributed by atoms with Gasteiger partial charge in [0.15, 0.2) is 5.60 Å². The third kappa shape index (κ3) is 7.02. The van der Waals surface area contributed by atoms with Gasteiger partial charge in [-0.05, 0) is 34.3 Å². The van der Waals surface area contributed by atoms with Gasteiger partial charge in [-0.1, -0.05) is 124 Å². The summed E-state index contributed by atoms with van der Waals surface area (Å²) in [5, 5.41) is 2.09. The number of nitrogens with zero attached hydrogens (tertiary/aromatic N) is 1. The molecule has 228 valence electrons. The minimum Gasteiger partial charge on any atom is -0.438 e. The topological polar surface area (TPSA) is 57.2 Å². The van der Waals surface area contributed by atoms with Crippen molar-refractivity contribution in [2.75, 3.05) is 19.9 Å². The number of amides is 1. The summed E-state index contributed by atoms with van der Waals surface area (Å²) in [5.74, 6) is 0. The fourth-order valence-electron chi connectivity index (χ4n) is 6.01.